The van der Waals surface area contributed by atoms with Gasteiger partial charge in [0.2, 0.25) is 11.8 Å². The van der Waals surface area contributed by atoms with Crippen molar-refractivity contribution in [1.29, 1.82) is 0 Å². The molecular weight excluding hydrogens is 258 g/mol. The highest BCUT2D eigenvalue weighted by Gasteiger charge is 2.11. The van der Waals surface area contributed by atoms with Crippen molar-refractivity contribution in [3.8, 4) is 0 Å². The largest absolute Gasteiger partial charge is 0.379 e. The third kappa shape index (κ3) is 8.12. The molecule has 2 amide bonds. The zero-order valence-electron chi connectivity index (χ0n) is 12.6. The van der Waals surface area contributed by atoms with Crippen molar-refractivity contribution < 1.29 is 14.3 Å². The van der Waals surface area contributed by atoms with Crippen LogP contribution in [0.5, 0.6) is 0 Å². The molecule has 0 bridgehead atoms. The summed E-state index contributed by atoms with van der Waals surface area (Å²) < 4.78 is 5.25. The summed E-state index contributed by atoms with van der Waals surface area (Å²) in [6.45, 7) is 9.56. The summed E-state index contributed by atoms with van der Waals surface area (Å²) >= 11 is 0. The van der Waals surface area contributed by atoms with Gasteiger partial charge in [0.05, 0.1) is 13.2 Å². The lowest BCUT2D eigenvalue weighted by Gasteiger charge is -2.26. The lowest BCUT2D eigenvalue weighted by Crippen LogP contribution is -2.42. The Bertz CT molecular complexity index is 302. The quantitative estimate of drug-likeness (QED) is 0.615. The van der Waals surface area contributed by atoms with Crippen LogP contribution >= 0.6 is 0 Å². The fraction of sp³-hybridized carbons (Fsp3) is 0.857. The molecule has 1 aliphatic heterocycles. The number of rotatable bonds is 8. The molecular formula is C14H27N3O3. The third-order valence-electron chi connectivity index (χ3n) is 3.22. The number of hydrogen-bond acceptors (Lipinski definition) is 4. The van der Waals surface area contributed by atoms with Crippen LogP contribution in [0.3, 0.4) is 0 Å². The van der Waals surface area contributed by atoms with Crippen molar-refractivity contribution in [1.82, 2.24) is 15.5 Å². The second-order valence-electron chi connectivity index (χ2n) is 5.51. The van der Waals surface area contributed by atoms with Gasteiger partial charge in [0, 0.05) is 32.7 Å². The van der Waals surface area contributed by atoms with E-state index in [1.54, 1.807) is 0 Å². The topological polar surface area (TPSA) is 70.7 Å². The first-order valence-electron chi connectivity index (χ1n) is 7.41. The maximum atomic E-state index is 11.6. The van der Waals surface area contributed by atoms with Crippen LogP contribution in [0.25, 0.3) is 0 Å². The van der Waals surface area contributed by atoms with Gasteiger partial charge in [-0.2, -0.15) is 0 Å². The SMILES string of the molecule is CC(C)CCNC(=O)CC(=O)NCCN1CCOCC1. The zero-order valence-corrected chi connectivity index (χ0v) is 12.6. The molecule has 1 saturated heterocycles. The molecule has 116 valence electrons. The first kappa shape index (κ1) is 16.9. The highest BCUT2D eigenvalue weighted by atomic mass is 16.5. The Morgan fingerprint density at radius 3 is 2.30 bits per heavy atom. The molecule has 0 aromatic rings. The van der Waals surface area contributed by atoms with E-state index in [1.165, 1.54) is 0 Å². The van der Waals surface area contributed by atoms with E-state index in [9.17, 15) is 9.59 Å². The average molecular weight is 285 g/mol. The molecule has 6 heteroatoms. The van der Waals surface area contributed by atoms with Crippen LogP contribution in [-0.2, 0) is 14.3 Å². The van der Waals surface area contributed by atoms with Crippen LogP contribution in [0, 0.1) is 5.92 Å². The van der Waals surface area contributed by atoms with Gasteiger partial charge in [0.25, 0.3) is 0 Å². The molecule has 0 saturated carbocycles. The maximum Gasteiger partial charge on any atom is 0.229 e. The van der Waals surface area contributed by atoms with E-state index in [1.807, 2.05) is 0 Å². The van der Waals surface area contributed by atoms with Crippen LogP contribution in [0.4, 0.5) is 0 Å². The van der Waals surface area contributed by atoms with Crippen molar-refractivity contribution in [3.05, 3.63) is 0 Å². The Morgan fingerprint density at radius 1 is 1.10 bits per heavy atom. The van der Waals surface area contributed by atoms with E-state index >= 15 is 0 Å². The Labute approximate surface area is 121 Å². The number of amides is 2. The van der Waals surface area contributed by atoms with Crippen LogP contribution in [0.15, 0.2) is 0 Å². The lowest BCUT2D eigenvalue weighted by molar-refractivity contribution is -0.129. The van der Waals surface area contributed by atoms with E-state index in [-0.39, 0.29) is 18.2 Å². The molecule has 0 spiro atoms. The first-order chi connectivity index (χ1) is 9.58. The van der Waals surface area contributed by atoms with Gasteiger partial charge in [-0.1, -0.05) is 13.8 Å². The van der Waals surface area contributed by atoms with Gasteiger partial charge in [-0.05, 0) is 12.3 Å². The Hall–Kier alpha value is -1.14. The normalized spacial score (nSPS) is 16.1. The van der Waals surface area contributed by atoms with E-state index in [2.05, 4.69) is 29.4 Å². The number of hydrogen-bond donors (Lipinski definition) is 2. The Kier molecular flexibility index (Phi) is 8.22. The predicted octanol–water partition coefficient (Wildman–Crippen LogP) is -0.0128. The maximum absolute atomic E-state index is 11.6. The first-order valence-corrected chi connectivity index (χ1v) is 7.41. The predicted molar refractivity (Wildman–Crippen MR) is 77.4 cm³/mol. The fourth-order valence-electron chi connectivity index (χ4n) is 1.95. The minimum Gasteiger partial charge on any atom is -0.379 e. The fourth-order valence-corrected chi connectivity index (χ4v) is 1.95. The molecule has 1 heterocycles. The number of carbonyl (C=O) groups excluding carboxylic acids is 2. The standard InChI is InChI=1S/C14H27N3O3/c1-12(2)3-4-15-13(18)11-14(19)16-5-6-17-7-9-20-10-8-17/h12H,3-11H2,1-2H3,(H,15,18)(H,16,19). The minimum atomic E-state index is -0.208. The van der Waals surface area contributed by atoms with Crippen LogP contribution in [-0.4, -0.2) is 62.7 Å². The zero-order chi connectivity index (χ0) is 14.8. The van der Waals surface area contributed by atoms with Crippen molar-refractivity contribution in [2.75, 3.05) is 45.9 Å². The summed E-state index contributed by atoms with van der Waals surface area (Å²) in [4.78, 5) is 25.3. The molecule has 0 aliphatic carbocycles. The van der Waals surface area contributed by atoms with Crippen molar-refractivity contribution in [2.45, 2.75) is 26.7 Å². The van der Waals surface area contributed by atoms with Crippen LogP contribution < -0.4 is 10.6 Å². The van der Waals surface area contributed by atoms with E-state index < -0.39 is 0 Å². The molecule has 0 unspecified atom stereocenters. The summed E-state index contributed by atoms with van der Waals surface area (Å²) in [7, 11) is 0. The average Bonchev–Trinajstić information content (AvgIpc) is 2.39. The molecule has 0 aromatic heterocycles. The Balaban J connectivity index is 2.02. The molecule has 20 heavy (non-hydrogen) atoms. The van der Waals surface area contributed by atoms with Gasteiger partial charge < -0.3 is 15.4 Å². The van der Waals surface area contributed by atoms with Crippen LogP contribution in [0.2, 0.25) is 0 Å². The summed E-state index contributed by atoms with van der Waals surface area (Å²) in [6.07, 6.45) is 0.853. The smallest absolute Gasteiger partial charge is 0.229 e. The van der Waals surface area contributed by atoms with Gasteiger partial charge in [-0.25, -0.2) is 0 Å². The summed E-state index contributed by atoms with van der Waals surface area (Å²) in [5.41, 5.74) is 0. The molecule has 6 nitrogen and oxygen atoms in total. The molecule has 1 rings (SSSR count). The summed E-state index contributed by atoms with van der Waals surface area (Å²) in [6, 6.07) is 0. The molecule has 1 fully saturated rings. The van der Waals surface area contributed by atoms with Gasteiger partial charge in [-0.3, -0.25) is 14.5 Å². The molecule has 0 atom stereocenters. The highest BCUT2D eigenvalue weighted by molar-refractivity contribution is 5.96. The molecule has 1 aliphatic rings. The van der Waals surface area contributed by atoms with Crippen LogP contribution in [0.1, 0.15) is 26.7 Å². The second-order valence-corrected chi connectivity index (χ2v) is 5.51. The van der Waals surface area contributed by atoms with E-state index in [0.717, 1.165) is 39.3 Å². The Morgan fingerprint density at radius 2 is 1.70 bits per heavy atom. The number of nitrogens with one attached hydrogen (secondary N) is 2. The van der Waals surface area contributed by atoms with Gasteiger partial charge in [0.15, 0.2) is 0 Å². The number of morpholine rings is 1. The number of carbonyl (C=O) groups is 2. The molecule has 0 radical (unpaired) electrons. The van der Waals surface area contributed by atoms with Gasteiger partial charge in [0.1, 0.15) is 6.42 Å². The third-order valence-corrected chi connectivity index (χ3v) is 3.22. The summed E-state index contributed by atoms with van der Waals surface area (Å²) in [5, 5.41) is 5.54. The monoisotopic (exact) mass is 285 g/mol. The molecule has 2 N–H and O–H groups in total. The van der Waals surface area contributed by atoms with Gasteiger partial charge in [-0.15, -0.1) is 0 Å². The van der Waals surface area contributed by atoms with E-state index in [4.69, 9.17) is 4.74 Å². The summed E-state index contributed by atoms with van der Waals surface area (Å²) in [5.74, 6) is 0.146. The van der Waals surface area contributed by atoms with Gasteiger partial charge >= 0.3 is 0 Å². The number of nitrogens with zero attached hydrogens (tertiary/aromatic N) is 1. The van der Waals surface area contributed by atoms with Crippen molar-refractivity contribution in [3.63, 3.8) is 0 Å². The van der Waals surface area contributed by atoms with Crippen molar-refractivity contribution >= 4 is 11.8 Å². The lowest BCUT2D eigenvalue weighted by atomic mass is 10.1. The number of ether oxygens (including phenoxy) is 1. The second kappa shape index (κ2) is 9.72. The van der Waals surface area contributed by atoms with E-state index in [0.29, 0.717) is 19.0 Å². The highest BCUT2D eigenvalue weighted by Crippen LogP contribution is 1.97. The minimum absolute atomic E-state index is 0.0821. The molecule has 0 aromatic carbocycles. The van der Waals surface area contributed by atoms with Crippen molar-refractivity contribution in [2.24, 2.45) is 5.92 Å².